The molecule has 0 N–H and O–H groups in total. The standard InChI is InChI=1S/C24H17ClN2O5S/c1-11-12(2)33-24(26-11)27-19(13-4-6-14(7-5-13)23(30)31-3)18-20(28)16-10-15(25)8-9-17(16)32-21(18)22(27)29/h4-10,19H,1-3H3/t19-/m0/s1. The number of benzene rings is 2. The van der Waals surface area contributed by atoms with Crippen LogP contribution in [0.25, 0.3) is 11.0 Å². The Kier molecular flexibility index (Phi) is 5.07. The van der Waals surface area contributed by atoms with Gasteiger partial charge in [0.15, 0.2) is 10.6 Å². The van der Waals surface area contributed by atoms with Gasteiger partial charge in [-0.3, -0.25) is 14.5 Å². The molecule has 2 aromatic carbocycles. The number of aryl methyl sites for hydroxylation is 2. The first-order valence-corrected chi connectivity index (χ1v) is 11.2. The molecule has 0 radical (unpaired) electrons. The van der Waals surface area contributed by atoms with Gasteiger partial charge in [0.1, 0.15) is 5.58 Å². The van der Waals surface area contributed by atoms with Crippen molar-refractivity contribution in [2.75, 3.05) is 12.0 Å². The molecule has 2 aromatic heterocycles. The first-order valence-electron chi connectivity index (χ1n) is 10.0. The third-order valence-corrected chi connectivity index (χ3v) is 7.01. The van der Waals surface area contributed by atoms with Gasteiger partial charge in [0.05, 0.1) is 35.4 Å². The smallest absolute Gasteiger partial charge is 0.337 e. The lowest BCUT2D eigenvalue weighted by Gasteiger charge is -2.22. The lowest BCUT2D eigenvalue weighted by atomic mass is 9.97. The molecule has 1 aliphatic rings. The second kappa shape index (κ2) is 7.83. The number of aromatic nitrogens is 1. The number of hydrogen-bond acceptors (Lipinski definition) is 7. The Balaban J connectivity index is 1.77. The molecule has 9 heteroatoms. The Labute approximate surface area is 197 Å². The normalized spacial score (nSPS) is 15.2. The van der Waals surface area contributed by atoms with Crippen molar-refractivity contribution >= 4 is 50.9 Å². The van der Waals surface area contributed by atoms with E-state index in [0.717, 1.165) is 10.6 Å². The molecule has 5 rings (SSSR count). The topological polar surface area (TPSA) is 89.7 Å². The highest BCUT2D eigenvalue weighted by Gasteiger charge is 2.45. The number of fused-ring (bicyclic) bond motifs is 2. The van der Waals surface area contributed by atoms with Crippen LogP contribution in [-0.4, -0.2) is 24.0 Å². The van der Waals surface area contributed by atoms with Crippen LogP contribution in [0.1, 0.15) is 48.7 Å². The van der Waals surface area contributed by atoms with Gasteiger partial charge in [-0.15, -0.1) is 11.3 Å². The van der Waals surface area contributed by atoms with E-state index < -0.39 is 17.9 Å². The fourth-order valence-electron chi connectivity index (χ4n) is 3.94. The Morgan fingerprint density at radius 2 is 1.88 bits per heavy atom. The Bertz CT molecular complexity index is 1490. The predicted molar refractivity (Wildman–Crippen MR) is 126 cm³/mol. The van der Waals surface area contributed by atoms with Crippen LogP contribution in [0.4, 0.5) is 5.13 Å². The van der Waals surface area contributed by atoms with Crippen molar-refractivity contribution in [3.05, 3.63) is 90.7 Å². The number of hydrogen-bond donors (Lipinski definition) is 0. The van der Waals surface area contributed by atoms with Gasteiger partial charge >= 0.3 is 5.97 Å². The summed E-state index contributed by atoms with van der Waals surface area (Å²) in [5, 5.41) is 1.14. The van der Waals surface area contributed by atoms with E-state index in [1.54, 1.807) is 36.4 Å². The maximum atomic E-state index is 13.6. The summed E-state index contributed by atoms with van der Waals surface area (Å²) in [5.41, 5.74) is 1.95. The summed E-state index contributed by atoms with van der Waals surface area (Å²) < 4.78 is 10.7. The van der Waals surface area contributed by atoms with Crippen LogP contribution in [0.15, 0.2) is 51.7 Å². The van der Waals surface area contributed by atoms with Crippen molar-refractivity contribution in [2.24, 2.45) is 0 Å². The Morgan fingerprint density at radius 1 is 1.15 bits per heavy atom. The summed E-state index contributed by atoms with van der Waals surface area (Å²) in [5.74, 6) is -0.954. The molecule has 4 aromatic rings. The van der Waals surface area contributed by atoms with E-state index in [4.69, 9.17) is 20.8 Å². The second-order valence-corrected chi connectivity index (χ2v) is 9.26. The summed E-state index contributed by atoms with van der Waals surface area (Å²) >= 11 is 7.48. The minimum atomic E-state index is -0.774. The lowest BCUT2D eigenvalue weighted by molar-refractivity contribution is 0.0600. The van der Waals surface area contributed by atoms with Crippen LogP contribution in [0.3, 0.4) is 0 Å². The average Bonchev–Trinajstić information content (AvgIpc) is 3.29. The fourth-order valence-corrected chi connectivity index (χ4v) is 5.04. The van der Waals surface area contributed by atoms with Crippen molar-refractivity contribution in [3.8, 4) is 0 Å². The highest BCUT2D eigenvalue weighted by Crippen LogP contribution is 2.43. The first kappa shape index (κ1) is 21.4. The number of methoxy groups -OCH3 is 1. The number of amides is 1. The van der Waals surface area contributed by atoms with E-state index in [2.05, 4.69) is 4.98 Å². The largest absolute Gasteiger partial charge is 0.465 e. The molecule has 0 fully saturated rings. The van der Waals surface area contributed by atoms with Gasteiger partial charge in [-0.25, -0.2) is 9.78 Å². The van der Waals surface area contributed by atoms with Gasteiger partial charge in [0, 0.05) is 9.90 Å². The van der Waals surface area contributed by atoms with Crippen LogP contribution in [0.5, 0.6) is 0 Å². The summed E-state index contributed by atoms with van der Waals surface area (Å²) in [6, 6.07) is 10.5. The minimum absolute atomic E-state index is 0.0256. The maximum absolute atomic E-state index is 13.6. The zero-order chi connectivity index (χ0) is 23.4. The van der Waals surface area contributed by atoms with E-state index >= 15 is 0 Å². The molecule has 1 aliphatic heterocycles. The zero-order valence-corrected chi connectivity index (χ0v) is 19.4. The summed E-state index contributed by atoms with van der Waals surface area (Å²) in [6.45, 7) is 3.78. The molecule has 3 heterocycles. The van der Waals surface area contributed by atoms with E-state index in [0.29, 0.717) is 26.7 Å². The van der Waals surface area contributed by atoms with Gasteiger partial charge in [-0.2, -0.15) is 0 Å². The van der Waals surface area contributed by atoms with Gasteiger partial charge < -0.3 is 9.15 Å². The molecule has 0 unspecified atom stereocenters. The van der Waals surface area contributed by atoms with Crippen LogP contribution < -0.4 is 10.3 Å². The number of esters is 1. The van der Waals surface area contributed by atoms with Gasteiger partial charge in [0.25, 0.3) is 5.91 Å². The quantitative estimate of drug-likeness (QED) is 0.381. The monoisotopic (exact) mass is 480 g/mol. The van der Waals surface area contributed by atoms with Gasteiger partial charge in [0.2, 0.25) is 5.76 Å². The van der Waals surface area contributed by atoms with E-state index in [1.165, 1.54) is 29.4 Å². The molecular formula is C24H17ClN2O5S. The number of ether oxygens (including phenoxy) is 1. The van der Waals surface area contributed by atoms with Crippen LogP contribution >= 0.6 is 22.9 Å². The number of halogens is 1. The first-order chi connectivity index (χ1) is 15.8. The molecule has 0 saturated carbocycles. The van der Waals surface area contributed by atoms with E-state index in [9.17, 15) is 14.4 Å². The van der Waals surface area contributed by atoms with Crippen molar-refractivity contribution in [3.63, 3.8) is 0 Å². The molecule has 33 heavy (non-hydrogen) atoms. The third-order valence-electron chi connectivity index (χ3n) is 5.70. The van der Waals surface area contributed by atoms with E-state index in [1.807, 2.05) is 13.8 Å². The minimum Gasteiger partial charge on any atom is -0.465 e. The number of carbonyl (C=O) groups excluding carboxylic acids is 2. The maximum Gasteiger partial charge on any atom is 0.337 e. The highest BCUT2D eigenvalue weighted by molar-refractivity contribution is 7.15. The number of rotatable bonds is 3. The lowest BCUT2D eigenvalue weighted by Crippen LogP contribution is -2.29. The molecule has 1 atom stereocenters. The van der Waals surface area contributed by atoms with Crippen LogP contribution in [-0.2, 0) is 4.74 Å². The van der Waals surface area contributed by atoms with Crippen molar-refractivity contribution in [2.45, 2.75) is 19.9 Å². The predicted octanol–water partition coefficient (Wildman–Crippen LogP) is 5.06. The average molecular weight is 481 g/mol. The second-order valence-electron chi connectivity index (χ2n) is 7.64. The number of carbonyl (C=O) groups is 2. The summed E-state index contributed by atoms with van der Waals surface area (Å²) in [4.78, 5) is 46.0. The molecular weight excluding hydrogens is 464 g/mol. The SMILES string of the molecule is COC(=O)c1ccc([C@H]2c3c(oc4ccc(Cl)cc4c3=O)C(=O)N2c2nc(C)c(C)s2)cc1. The fraction of sp³-hybridized carbons (Fsp3) is 0.167. The molecule has 0 saturated heterocycles. The number of nitrogens with zero attached hydrogens (tertiary/aromatic N) is 2. The molecule has 7 nitrogen and oxygen atoms in total. The summed E-state index contributed by atoms with van der Waals surface area (Å²) in [7, 11) is 1.30. The van der Waals surface area contributed by atoms with Crippen molar-refractivity contribution < 1.29 is 18.7 Å². The zero-order valence-electron chi connectivity index (χ0n) is 17.8. The van der Waals surface area contributed by atoms with Crippen molar-refractivity contribution in [1.29, 1.82) is 0 Å². The van der Waals surface area contributed by atoms with Crippen LogP contribution in [0, 0.1) is 13.8 Å². The van der Waals surface area contributed by atoms with Gasteiger partial charge in [-0.1, -0.05) is 23.7 Å². The Morgan fingerprint density at radius 3 is 2.52 bits per heavy atom. The van der Waals surface area contributed by atoms with E-state index in [-0.39, 0.29) is 22.3 Å². The number of anilines is 1. The van der Waals surface area contributed by atoms with Crippen molar-refractivity contribution in [1.82, 2.24) is 4.98 Å². The molecule has 1 amide bonds. The number of thiazole rings is 1. The van der Waals surface area contributed by atoms with Crippen LogP contribution in [0.2, 0.25) is 5.02 Å². The highest BCUT2D eigenvalue weighted by atomic mass is 35.5. The van der Waals surface area contributed by atoms with Gasteiger partial charge in [-0.05, 0) is 49.7 Å². The molecule has 0 bridgehead atoms. The molecule has 0 spiro atoms. The Hall–Kier alpha value is -3.49. The third kappa shape index (κ3) is 3.34. The summed E-state index contributed by atoms with van der Waals surface area (Å²) in [6.07, 6.45) is 0. The molecule has 0 aliphatic carbocycles. The molecule has 166 valence electrons.